The average Bonchev–Trinajstić information content (AvgIpc) is 2.95. The molecule has 1 aromatic carbocycles. The minimum absolute atomic E-state index is 0.0942. The maximum atomic E-state index is 15.3. The zero-order valence-electron chi connectivity index (χ0n) is 24.6. The van der Waals surface area contributed by atoms with Crippen LogP contribution >= 0.6 is 0 Å². The number of anilines is 1. The van der Waals surface area contributed by atoms with Crippen LogP contribution in [0.5, 0.6) is 0 Å². The molecule has 4 N–H and O–H groups in total. The quantitative estimate of drug-likeness (QED) is 0.215. The fourth-order valence-electron chi connectivity index (χ4n) is 5.22. The predicted octanol–water partition coefficient (Wildman–Crippen LogP) is 3.12. The fourth-order valence-corrected chi connectivity index (χ4v) is 5.22. The monoisotopic (exact) mass is 637 g/mol. The molecule has 1 heterocycles. The van der Waals surface area contributed by atoms with Crippen molar-refractivity contribution in [1.29, 1.82) is 0 Å². The van der Waals surface area contributed by atoms with Gasteiger partial charge in [0.25, 0.3) is 5.91 Å². The molecule has 1 aromatic rings. The van der Waals surface area contributed by atoms with Crippen LogP contribution in [0.2, 0.25) is 0 Å². The van der Waals surface area contributed by atoms with E-state index < -0.39 is 90.7 Å². The van der Waals surface area contributed by atoms with Crippen molar-refractivity contribution in [2.45, 2.75) is 75.7 Å². The Morgan fingerprint density at radius 1 is 1.09 bits per heavy atom. The van der Waals surface area contributed by atoms with Crippen molar-refractivity contribution in [3.8, 4) is 0 Å². The van der Waals surface area contributed by atoms with Gasteiger partial charge in [0.15, 0.2) is 0 Å². The number of alkyl halides is 5. The van der Waals surface area contributed by atoms with Gasteiger partial charge in [-0.15, -0.1) is 0 Å². The van der Waals surface area contributed by atoms with E-state index in [0.717, 1.165) is 12.1 Å². The molecule has 2 fully saturated rings. The van der Waals surface area contributed by atoms with Crippen LogP contribution in [0, 0.1) is 11.7 Å². The Balaban J connectivity index is 1.84. The number of nitrogens with zero attached hydrogens (tertiary/aromatic N) is 2. The Bertz CT molecular complexity index is 1230. The molecule has 2 aliphatic rings. The highest BCUT2D eigenvalue weighted by molar-refractivity contribution is 5.99. The van der Waals surface area contributed by atoms with E-state index in [1.165, 1.54) is 6.07 Å². The van der Waals surface area contributed by atoms with Gasteiger partial charge in [-0.3, -0.25) is 20.1 Å². The Labute approximate surface area is 250 Å². The Morgan fingerprint density at radius 2 is 1.68 bits per heavy atom. The highest BCUT2D eigenvalue weighted by Crippen LogP contribution is 2.41. The van der Waals surface area contributed by atoms with Gasteiger partial charge in [-0.25, -0.2) is 18.0 Å². The molecule has 44 heavy (non-hydrogen) atoms. The number of benzene rings is 1. The van der Waals surface area contributed by atoms with E-state index in [9.17, 15) is 41.1 Å². The number of nitrogens with two attached hydrogens (primary N) is 1. The van der Waals surface area contributed by atoms with Gasteiger partial charge in [0.1, 0.15) is 11.9 Å². The van der Waals surface area contributed by atoms with Gasteiger partial charge in [0.2, 0.25) is 23.5 Å². The van der Waals surface area contributed by atoms with Gasteiger partial charge in [-0.05, 0) is 37.6 Å². The molecule has 1 aliphatic heterocycles. The van der Waals surface area contributed by atoms with Crippen LogP contribution < -0.4 is 16.4 Å². The highest BCUT2D eigenvalue weighted by Gasteiger charge is 2.54. The molecule has 16 heteroatoms. The average molecular weight is 638 g/mol. The summed E-state index contributed by atoms with van der Waals surface area (Å²) in [7, 11) is 1.91. The van der Waals surface area contributed by atoms with Gasteiger partial charge in [-0.2, -0.15) is 13.2 Å². The number of hydrogen-bond donors (Lipinski definition) is 3. The maximum Gasteiger partial charge on any atom is 0.491 e. The normalized spacial score (nSPS) is 20.6. The molecule has 246 valence electrons. The molecule has 0 unspecified atom stereocenters. The van der Waals surface area contributed by atoms with Crippen LogP contribution in [0.1, 0.15) is 57.4 Å². The number of ether oxygens (including phenoxy) is 1. The van der Waals surface area contributed by atoms with Crippen LogP contribution in [0.15, 0.2) is 18.2 Å². The third kappa shape index (κ3) is 8.40. The summed E-state index contributed by atoms with van der Waals surface area (Å²) in [5, 5.41) is 4.71. The molecule has 0 radical (unpaired) electrons. The minimum Gasteiger partial charge on any atom is -0.427 e. The first-order valence-electron chi connectivity index (χ1n) is 14.2. The number of esters is 1. The third-order valence-electron chi connectivity index (χ3n) is 8.16. The second kappa shape index (κ2) is 13.7. The van der Waals surface area contributed by atoms with Gasteiger partial charge < -0.3 is 25.2 Å². The first-order valence-corrected chi connectivity index (χ1v) is 14.2. The molecule has 3 amide bonds. The van der Waals surface area contributed by atoms with Crippen molar-refractivity contribution in [1.82, 2.24) is 15.1 Å². The van der Waals surface area contributed by atoms with Gasteiger partial charge >= 0.3 is 12.1 Å². The largest absolute Gasteiger partial charge is 0.491 e. The number of halogens is 6. The Kier molecular flexibility index (Phi) is 10.9. The van der Waals surface area contributed by atoms with Gasteiger partial charge in [-0.1, -0.05) is 19.9 Å². The Morgan fingerprint density at radius 3 is 2.20 bits per heavy atom. The molecule has 0 bridgehead atoms. The van der Waals surface area contributed by atoms with E-state index in [2.05, 4.69) is 10.1 Å². The summed E-state index contributed by atoms with van der Waals surface area (Å²) in [4.78, 5) is 54.1. The predicted molar refractivity (Wildman–Crippen MR) is 146 cm³/mol. The molecular weight excluding hydrogens is 600 g/mol. The first kappa shape index (κ1) is 35.1. The summed E-state index contributed by atoms with van der Waals surface area (Å²) in [5.41, 5.74) is 2.55. The molecule has 0 spiro atoms. The van der Waals surface area contributed by atoms with E-state index in [1.807, 2.05) is 17.3 Å². The SMILES string of the molecule is CCC(=O)N[C@@H](C(=O)N1CCN(C)CC1)[C@@H](C)c1ccc(NC(=O)[C@@](N)(OC(=O)C(F)(F)F)C2CCC(F)(F)CC2)c(F)c1. The number of carbonyl (C=O) groups excluding carboxylic acids is 4. The zero-order valence-corrected chi connectivity index (χ0v) is 24.6. The van der Waals surface area contributed by atoms with E-state index in [1.54, 1.807) is 18.7 Å². The number of hydrogen-bond acceptors (Lipinski definition) is 7. The lowest BCUT2D eigenvalue weighted by molar-refractivity contribution is -0.220. The summed E-state index contributed by atoms with van der Waals surface area (Å²) < 4.78 is 86.1. The number of rotatable bonds is 9. The number of carbonyl (C=O) groups is 4. The molecule has 1 aliphatic carbocycles. The molecule has 3 rings (SSSR count). The standard InChI is InChI=1S/C28H37F6N5O5/c1-4-21(40)37-22(23(41)39-13-11-38(3)12-14-39)16(2)17-5-6-20(19(29)15-17)36-24(42)27(35,44-25(43)28(32,33)34)18-7-9-26(30,31)10-8-18/h5-6,15-16,18,22H,4,7-14,35H2,1-3H3,(H,36,42)(H,37,40)/t16-,22+,27-/m0/s1. The van der Waals surface area contributed by atoms with Crippen molar-refractivity contribution in [2.75, 3.05) is 38.5 Å². The highest BCUT2D eigenvalue weighted by atomic mass is 19.4. The molecule has 3 atom stereocenters. The number of amides is 3. The maximum absolute atomic E-state index is 15.3. The van der Waals surface area contributed by atoms with Crippen LogP contribution in [0.4, 0.5) is 32.0 Å². The molecule has 0 aromatic heterocycles. The Hall–Kier alpha value is -3.40. The summed E-state index contributed by atoms with van der Waals surface area (Å²) in [6, 6.07) is 2.34. The second-order valence-corrected chi connectivity index (χ2v) is 11.3. The van der Waals surface area contributed by atoms with E-state index in [4.69, 9.17) is 5.73 Å². The summed E-state index contributed by atoms with van der Waals surface area (Å²) in [5.74, 6) is -11.5. The van der Waals surface area contributed by atoms with Crippen molar-refractivity contribution in [2.24, 2.45) is 11.7 Å². The van der Waals surface area contributed by atoms with E-state index in [-0.39, 0.29) is 17.9 Å². The van der Waals surface area contributed by atoms with Crippen LogP contribution in [0.25, 0.3) is 0 Å². The summed E-state index contributed by atoms with van der Waals surface area (Å²) in [6.45, 7) is 5.32. The lowest BCUT2D eigenvalue weighted by Crippen LogP contribution is -2.61. The number of nitrogens with one attached hydrogen (secondary N) is 2. The van der Waals surface area contributed by atoms with Crippen molar-refractivity contribution < 1.29 is 50.3 Å². The molecule has 1 saturated heterocycles. The van der Waals surface area contributed by atoms with E-state index >= 15 is 4.39 Å². The topological polar surface area (TPSA) is 134 Å². The number of piperazine rings is 1. The van der Waals surface area contributed by atoms with Gasteiger partial charge in [0.05, 0.1) is 5.69 Å². The first-order chi connectivity index (χ1) is 20.4. The molecule has 1 saturated carbocycles. The molecular formula is C28H37F6N5O5. The van der Waals surface area contributed by atoms with Crippen LogP contribution in [0.3, 0.4) is 0 Å². The van der Waals surface area contributed by atoms with Crippen LogP contribution in [-0.4, -0.2) is 90.6 Å². The lowest BCUT2D eigenvalue weighted by Gasteiger charge is -2.39. The zero-order chi connectivity index (χ0) is 33.0. The van der Waals surface area contributed by atoms with Crippen molar-refractivity contribution >= 4 is 29.4 Å². The second-order valence-electron chi connectivity index (χ2n) is 11.3. The lowest BCUT2D eigenvalue weighted by atomic mass is 9.79. The smallest absolute Gasteiger partial charge is 0.427 e. The third-order valence-corrected chi connectivity index (χ3v) is 8.16. The van der Waals surface area contributed by atoms with Gasteiger partial charge in [0, 0.05) is 57.3 Å². The fraction of sp³-hybridized carbons (Fsp3) is 0.643. The summed E-state index contributed by atoms with van der Waals surface area (Å²) in [6.07, 6.45) is -8.14. The van der Waals surface area contributed by atoms with Crippen LogP contribution in [-0.2, 0) is 23.9 Å². The van der Waals surface area contributed by atoms with E-state index in [0.29, 0.717) is 26.2 Å². The number of likely N-dealkylation sites (N-methyl/N-ethyl adjacent to an activating group) is 1. The van der Waals surface area contributed by atoms with Crippen molar-refractivity contribution in [3.63, 3.8) is 0 Å². The summed E-state index contributed by atoms with van der Waals surface area (Å²) >= 11 is 0. The van der Waals surface area contributed by atoms with Crippen molar-refractivity contribution in [3.05, 3.63) is 29.6 Å². The minimum atomic E-state index is -5.54. The molecule has 10 nitrogen and oxygen atoms in total.